The maximum Gasteiger partial charge on any atom is 0.116 e. The number of aryl methyl sites for hydroxylation is 1. The highest BCUT2D eigenvalue weighted by atomic mass is 35.5. The van der Waals surface area contributed by atoms with Crippen molar-refractivity contribution in [3.8, 4) is 5.75 Å². The van der Waals surface area contributed by atoms with Crippen LogP contribution in [0.3, 0.4) is 0 Å². The zero-order valence-electron chi connectivity index (χ0n) is 6.63. The predicted molar refractivity (Wildman–Crippen MR) is 46.5 cm³/mol. The predicted octanol–water partition coefficient (Wildman–Crippen LogP) is 1.83. The minimum atomic E-state index is 0.155. The lowest BCUT2D eigenvalue weighted by molar-refractivity contribution is 0.161. The molecule has 0 fully saturated rings. The number of hydrogen-bond acceptors (Lipinski definition) is 3. The number of benzene rings is 1. The van der Waals surface area contributed by atoms with Gasteiger partial charge in [0.15, 0.2) is 0 Å². The molecule has 1 rings (SSSR count). The summed E-state index contributed by atoms with van der Waals surface area (Å²) in [6.07, 6.45) is 0. The molecule has 0 aliphatic heterocycles. The first-order chi connectivity index (χ1) is 5.65. The van der Waals surface area contributed by atoms with E-state index in [-0.39, 0.29) is 12.3 Å². The van der Waals surface area contributed by atoms with Gasteiger partial charge >= 0.3 is 0 Å². The first-order valence-corrected chi connectivity index (χ1v) is 3.88. The summed E-state index contributed by atoms with van der Waals surface area (Å²) in [6, 6.07) is 3.09. The zero-order chi connectivity index (χ0) is 9.14. The average Bonchev–Trinajstić information content (AvgIpc) is 2.00. The van der Waals surface area contributed by atoms with Crippen LogP contribution in [0.1, 0.15) is 11.1 Å². The van der Waals surface area contributed by atoms with Crippen LogP contribution in [-0.2, 0) is 6.54 Å². The van der Waals surface area contributed by atoms with Gasteiger partial charge in [-0.25, -0.2) is 5.48 Å². The second-order valence-corrected chi connectivity index (χ2v) is 2.95. The Morgan fingerprint density at radius 2 is 2.17 bits per heavy atom. The maximum absolute atomic E-state index is 9.18. The van der Waals surface area contributed by atoms with Gasteiger partial charge < -0.3 is 10.3 Å². The van der Waals surface area contributed by atoms with E-state index in [0.29, 0.717) is 10.6 Å². The van der Waals surface area contributed by atoms with Crippen LogP contribution in [-0.4, -0.2) is 10.3 Å². The van der Waals surface area contributed by atoms with Crippen LogP contribution in [0.25, 0.3) is 0 Å². The summed E-state index contributed by atoms with van der Waals surface area (Å²) in [5.41, 5.74) is 3.45. The first kappa shape index (κ1) is 9.32. The van der Waals surface area contributed by atoms with E-state index in [1.165, 1.54) is 6.07 Å². The lowest BCUT2D eigenvalue weighted by Gasteiger charge is -2.06. The van der Waals surface area contributed by atoms with Crippen molar-refractivity contribution in [1.29, 1.82) is 0 Å². The van der Waals surface area contributed by atoms with Gasteiger partial charge in [0.2, 0.25) is 0 Å². The number of hydroxylamine groups is 1. The van der Waals surface area contributed by atoms with E-state index in [2.05, 4.69) is 0 Å². The Kier molecular flexibility index (Phi) is 2.92. The van der Waals surface area contributed by atoms with Crippen LogP contribution in [0.15, 0.2) is 12.1 Å². The molecule has 0 radical (unpaired) electrons. The highest BCUT2D eigenvalue weighted by molar-refractivity contribution is 6.32. The lowest BCUT2D eigenvalue weighted by Crippen LogP contribution is -2.06. The number of aromatic hydroxyl groups is 1. The Labute approximate surface area is 75.6 Å². The molecule has 12 heavy (non-hydrogen) atoms. The molecule has 3 nitrogen and oxygen atoms in total. The molecule has 0 unspecified atom stereocenters. The normalized spacial score (nSPS) is 10.2. The second kappa shape index (κ2) is 3.76. The van der Waals surface area contributed by atoms with Crippen LogP contribution in [0.5, 0.6) is 5.75 Å². The van der Waals surface area contributed by atoms with Crippen molar-refractivity contribution in [2.24, 2.45) is 0 Å². The number of halogens is 1. The van der Waals surface area contributed by atoms with E-state index < -0.39 is 0 Å². The fraction of sp³-hybridized carbons (Fsp3) is 0.250. The summed E-state index contributed by atoms with van der Waals surface area (Å²) < 4.78 is 0. The fourth-order valence-corrected chi connectivity index (χ4v) is 1.21. The molecule has 0 saturated heterocycles. The number of rotatable bonds is 2. The SMILES string of the molecule is Cc1cc(O)cc(CNO)c1Cl. The van der Waals surface area contributed by atoms with Crippen molar-refractivity contribution in [3.63, 3.8) is 0 Å². The van der Waals surface area contributed by atoms with E-state index in [4.69, 9.17) is 16.8 Å². The molecule has 4 heteroatoms. The highest BCUT2D eigenvalue weighted by Crippen LogP contribution is 2.25. The van der Waals surface area contributed by atoms with Crippen LogP contribution in [0.2, 0.25) is 5.02 Å². The molecule has 0 saturated carbocycles. The number of hydrogen-bond donors (Lipinski definition) is 3. The summed E-state index contributed by atoms with van der Waals surface area (Å²) in [7, 11) is 0. The minimum Gasteiger partial charge on any atom is -0.508 e. The van der Waals surface area contributed by atoms with Gasteiger partial charge in [-0.1, -0.05) is 11.6 Å². The standard InChI is InChI=1S/C8H10ClNO2/c1-5-2-7(11)3-6(4-10-12)8(5)9/h2-3,10-12H,4H2,1H3. The van der Waals surface area contributed by atoms with Gasteiger partial charge in [-0.2, -0.15) is 0 Å². The Balaban J connectivity index is 3.09. The molecule has 0 aromatic heterocycles. The summed E-state index contributed by atoms with van der Waals surface area (Å²) >= 11 is 5.88. The third kappa shape index (κ3) is 1.88. The summed E-state index contributed by atoms with van der Waals surface area (Å²) in [5, 5.41) is 18.2. The van der Waals surface area contributed by atoms with Crippen LogP contribution in [0.4, 0.5) is 0 Å². The number of phenols is 1. The van der Waals surface area contributed by atoms with E-state index in [9.17, 15) is 5.11 Å². The molecule has 0 atom stereocenters. The van der Waals surface area contributed by atoms with Crippen LogP contribution >= 0.6 is 11.6 Å². The average molecular weight is 188 g/mol. The van der Waals surface area contributed by atoms with Gasteiger partial charge in [0.25, 0.3) is 0 Å². The third-order valence-corrected chi connectivity index (χ3v) is 2.12. The molecule has 1 aromatic carbocycles. The summed E-state index contributed by atoms with van der Waals surface area (Å²) in [6.45, 7) is 2.02. The fourth-order valence-electron chi connectivity index (χ4n) is 1.04. The van der Waals surface area contributed by atoms with Crippen LogP contribution < -0.4 is 5.48 Å². The zero-order valence-corrected chi connectivity index (χ0v) is 7.39. The second-order valence-electron chi connectivity index (χ2n) is 2.57. The molecule has 0 heterocycles. The van der Waals surface area contributed by atoms with Crippen molar-refractivity contribution in [2.75, 3.05) is 0 Å². The van der Waals surface area contributed by atoms with Crippen molar-refractivity contribution in [1.82, 2.24) is 5.48 Å². The Morgan fingerprint density at radius 3 is 2.75 bits per heavy atom. The van der Waals surface area contributed by atoms with Gasteiger partial charge in [0.1, 0.15) is 5.75 Å². The summed E-state index contributed by atoms with van der Waals surface area (Å²) in [5.74, 6) is 0.155. The molecule has 66 valence electrons. The molecular weight excluding hydrogens is 178 g/mol. The van der Waals surface area contributed by atoms with Gasteiger partial charge in [0.05, 0.1) is 0 Å². The third-order valence-electron chi connectivity index (χ3n) is 1.58. The molecular formula is C8H10ClNO2. The minimum absolute atomic E-state index is 0.155. The monoisotopic (exact) mass is 187 g/mol. The molecule has 0 aliphatic carbocycles. The van der Waals surface area contributed by atoms with Gasteiger partial charge in [0, 0.05) is 11.6 Å². The smallest absolute Gasteiger partial charge is 0.116 e. The number of nitrogens with one attached hydrogen (secondary N) is 1. The van der Waals surface area contributed by atoms with Crippen molar-refractivity contribution >= 4 is 11.6 Å². The van der Waals surface area contributed by atoms with E-state index in [1.54, 1.807) is 13.0 Å². The van der Waals surface area contributed by atoms with Crippen molar-refractivity contribution in [3.05, 3.63) is 28.3 Å². The summed E-state index contributed by atoms with van der Waals surface area (Å²) in [4.78, 5) is 0. The molecule has 0 aliphatic rings. The molecule has 0 spiro atoms. The van der Waals surface area contributed by atoms with Gasteiger partial charge in [-0.15, -0.1) is 0 Å². The van der Waals surface area contributed by atoms with E-state index in [1.807, 2.05) is 5.48 Å². The maximum atomic E-state index is 9.18. The van der Waals surface area contributed by atoms with Crippen molar-refractivity contribution < 1.29 is 10.3 Å². The topological polar surface area (TPSA) is 52.5 Å². The Morgan fingerprint density at radius 1 is 1.50 bits per heavy atom. The van der Waals surface area contributed by atoms with Gasteiger partial charge in [-0.05, 0) is 30.2 Å². The quantitative estimate of drug-likeness (QED) is 0.620. The largest absolute Gasteiger partial charge is 0.508 e. The van der Waals surface area contributed by atoms with Crippen molar-refractivity contribution in [2.45, 2.75) is 13.5 Å². The Bertz CT molecular complexity index is 289. The van der Waals surface area contributed by atoms with Crippen LogP contribution in [0, 0.1) is 6.92 Å². The van der Waals surface area contributed by atoms with E-state index >= 15 is 0 Å². The molecule has 1 aromatic rings. The molecule has 0 amide bonds. The molecule has 0 bridgehead atoms. The number of phenolic OH excluding ortho intramolecular Hbond substituents is 1. The first-order valence-electron chi connectivity index (χ1n) is 3.50. The van der Waals surface area contributed by atoms with Gasteiger partial charge in [-0.3, -0.25) is 0 Å². The van der Waals surface area contributed by atoms with E-state index in [0.717, 1.165) is 5.56 Å². The Hall–Kier alpha value is -0.770. The lowest BCUT2D eigenvalue weighted by atomic mass is 10.1. The molecule has 3 N–H and O–H groups in total. The highest BCUT2D eigenvalue weighted by Gasteiger charge is 2.04.